The topological polar surface area (TPSA) is 81.7 Å². The van der Waals surface area contributed by atoms with E-state index < -0.39 is 5.41 Å². The van der Waals surface area contributed by atoms with Gasteiger partial charge in [-0.3, -0.25) is 4.79 Å². The number of carbonyl (C=O) groups is 1. The van der Waals surface area contributed by atoms with Crippen LogP contribution >= 0.6 is 0 Å². The van der Waals surface area contributed by atoms with Crippen LogP contribution in [0.5, 0.6) is 11.5 Å². The highest BCUT2D eigenvalue weighted by Gasteiger charge is 2.39. The maximum Gasteiger partial charge on any atom is 0.228 e. The number of ether oxygens (including phenoxy) is 5. The van der Waals surface area contributed by atoms with E-state index in [1.165, 1.54) is 5.56 Å². The summed E-state index contributed by atoms with van der Waals surface area (Å²) >= 11 is 0. The molecule has 9 nitrogen and oxygen atoms in total. The van der Waals surface area contributed by atoms with Gasteiger partial charge in [-0.1, -0.05) is 32.0 Å². The van der Waals surface area contributed by atoms with Crippen LogP contribution in [0.4, 0.5) is 5.69 Å². The molecule has 9 heteroatoms. The molecule has 1 N–H and O–H groups in total. The van der Waals surface area contributed by atoms with Crippen molar-refractivity contribution in [3.8, 4) is 11.5 Å². The number of benzene rings is 2. The minimum absolute atomic E-state index is 0.00668. The fraction of sp³-hybridized carbons (Fsp3) is 0.618. The molecule has 3 atom stereocenters. The number of amides is 1. The molecule has 2 saturated heterocycles. The third-order valence-electron chi connectivity index (χ3n) is 9.00. The van der Waals surface area contributed by atoms with Crippen molar-refractivity contribution in [2.75, 3.05) is 78.3 Å². The Morgan fingerprint density at radius 1 is 1.05 bits per heavy atom. The highest BCUT2D eigenvalue weighted by Crippen LogP contribution is 2.37. The van der Waals surface area contributed by atoms with Crippen molar-refractivity contribution in [1.82, 2.24) is 10.2 Å². The van der Waals surface area contributed by atoms with Crippen molar-refractivity contribution in [3.63, 3.8) is 0 Å². The van der Waals surface area contributed by atoms with Gasteiger partial charge in [-0.25, -0.2) is 0 Å². The molecule has 2 aromatic rings. The van der Waals surface area contributed by atoms with Gasteiger partial charge in [-0.2, -0.15) is 0 Å². The Hall–Kier alpha value is -2.85. The second kappa shape index (κ2) is 14.8. The summed E-state index contributed by atoms with van der Waals surface area (Å²) < 4.78 is 28.8. The molecule has 43 heavy (non-hydrogen) atoms. The van der Waals surface area contributed by atoms with E-state index >= 15 is 0 Å². The smallest absolute Gasteiger partial charge is 0.228 e. The number of hydrogen-bond donors (Lipinski definition) is 1. The van der Waals surface area contributed by atoms with Crippen molar-refractivity contribution in [1.29, 1.82) is 0 Å². The Morgan fingerprint density at radius 3 is 2.58 bits per heavy atom. The van der Waals surface area contributed by atoms with E-state index in [0.717, 1.165) is 68.3 Å². The summed E-state index contributed by atoms with van der Waals surface area (Å²) in [4.78, 5) is 17.8. The third-order valence-corrected chi connectivity index (χ3v) is 9.00. The van der Waals surface area contributed by atoms with Gasteiger partial charge in [-0.05, 0) is 54.7 Å². The van der Waals surface area contributed by atoms with Crippen molar-refractivity contribution in [3.05, 3.63) is 53.6 Å². The summed E-state index contributed by atoms with van der Waals surface area (Å²) in [7, 11) is 3.44. The first-order valence-corrected chi connectivity index (χ1v) is 15.7. The molecule has 0 spiro atoms. The van der Waals surface area contributed by atoms with Crippen LogP contribution in [-0.4, -0.2) is 96.3 Å². The van der Waals surface area contributed by atoms with Crippen LogP contribution in [0, 0.1) is 5.41 Å². The normalized spacial score (nSPS) is 22.6. The molecular formula is C34H49N3O6. The Morgan fingerprint density at radius 2 is 1.84 bits per heavy atom. The van der Waals surface area contributed by atoms with Crippen LogP contribution in [0.25, 0.3) is 0 Å². The molecule has 5 rings (SSSR count). The number of anilines is 1. The second-order valence-electron chi connectivity index (χ2n) is 12.5. The van der Waals surface area contributed by atoms with Gasteiger partial charge in [0, 0.05) is 57.3 Å². The van der Waals surface area contributed by atoms with E-state index in [9.17, 15) is 4.79 Å². The van der Waals surface area contributed by atoms with Gasteiger partial charge >= 0.3 is 0 Å². The summed E-state index contributed by atoms with van der Waals surface area (Å²) in [6.07, 6.45) is 2.63. The zero-order valence-corrected chi connectivity index (χ0v) is 26.3. The van der Waals surface area contributed by atoms with Crippen molar-refractivity contribution >= 4 is 11.6 Å². The number of carbonyl (C=O) groups excluding carboxylic acids is 1. The van der Waals surface area contributed by atoms with Crippen LogP contribution in [-0.2, 0) is 25.6 Å². The molecule has 3 aliphatic heterocycles. The number of hydrogen-bond acceptors (Lipinski definition) is 8. The first-order valence-electron chi connectivity index (χ1n) is 15.7. The van der Waals surface area contributed by atoms with Gasteiger partial charge in [0.05, 0.1) is 45.3 Å². The summed E-state index contributed by atoms with van der Waals surface area (Å²) in [5.74, 6) is 2.18. The standard InChI is InChI=1S/C34H49N3O6/c1-34(2,33(38)37-13-17-41-18-14-37)22-27-21-29(26-7-9-28(40-4)10-8-26)32(23-35-27)43-24-25-6-11-31-30(20-25)36(15-19-42-31)12-5-16-39-3/h6-11,20,27,29,32,35H,5,12-19,21-24H2,1-4H3/t27-,29?,32-/m0/s1. The summed E-state index contributed by atoms with van der Waals surface area (Å²) in [5, 5.41) is 3.74. The van der Waals surface area contributed by atoms with E-state index in [2.05, 4.69) is 54.4 Å². The zero-order chi connectivity index (χ0) is 30.2. The minimum Gasteiger partial charge on any atom is -0.497 e. The lowest BCUT2D eigenvalue weighted by Gasteiger charge is -2.41. The van der Waals surface area contributed by atoms with Crippen LogP contribution < -0.4 is 19.7 Å². The number of fused-ring (bicyclic) bond motifs is 1. The number of piperidine rings is 1. The number of rotatable bonds is 12. The van der Waals surface area contributed by atoms with E-state index in [1.807, 2.05) is 17.0 Å². The largest absolute Gasteiger partial charge is 0.497 e. The molecular weight excluding hydrogens is 546 g/mol. The lowest BCUT2D eigenvalue weighted by atomic mass is 9.77. The lowest BCUT2D eigenvalue weighted by Crippen LogP contribution is -2.52. The first-order chi connectivity index (χ1) is 20.9. The van der Waals surface area contributed by atoms with Gasteiger partial charge in [0.2, 0.25) is 5.91 Å². The van der Waals surface area contributed by atoms with E-state index in [1.54, 1.807) is 14.2 Å². The van der Waals surface area contributed by atoms with Gasteiger partial charge in [0.15, 0.2) is 0 Å². The van der Waals surface area contributed by atoms with E-state index in [0.29, 0.717) is 39.5 Å². The number of nitrogens with zero attached hydrogens (tertiary/aromatic N) is 2. The molecule has 1 amide bonds. The molecule has 0 bridgehead atoms. The zero-order valence-electron chi connectivity index (χ0n) is 26.3. The highest BCUT2D eigenvalue weighted by molar-refractivity contribution is 5.82. The maximum absolute atomic E-state index is 13.4. The molecule has 2 fully saturated rings. The molecule has 2 aromatic carbocycles. The molecule has 0 radical (unpaired) electrons. The SMILES string of the molecule is COCCCN1CCOc2ccc(CO[C@H]3CN[C@H](CC(C)(C)C(=O)N4CCOCC4)CC3c3ccc(OC)cc3)cc21. The lowest BCUT2D eigenvalue weighted by molar-refractivity contribution is -0.145. The maximum atomic E-state index is 13.4. The number of morpholine rings is 1. The Kier molecular flexibility index (Phi) is 10.8. The molecule has 0 aliphatic carbocycles. The molecule has 236 valence electrons. The average Bonchev–Trinajstić information content (AvgIpc) is 3.04. The van der Waals surface area contributed by atoms with E-state index in [-0.39, 0.29) is 24.0 Å². The van der Waals surface area contributed by atoms with Gasteiger partial charge in [-0.15, -0.1) is 0 Å². The van der Waals surface area contributed by atoms with Crippen LogP contribution in [0.3, 0.4) is 0 Å². The second-order valence-corrected chi connectivity index (χ2v) is 12.5. The molecule has 3 aliphatic rings. The minimum atomic E-state index is -0.465. The molecule has 3 heterocycles. The Bertz CT molecular complexity index is 1180. The highest BCUT2D eigenvalue weighted by atomic mass is 16.5. The third kappa shape index (κ3) is 8.01. The van der Waals surface area contributed by atoms with E-state index in [4.69, 9.17) is 23.7 Å². The van der Waals surface area contributed by atoms with Gasteiger partial charge < -0.3 is 38.8 Å². The number of methoxy groups -OCH3 is 2. The monoisotopic (exact) mass is 595 g/mol. The van der Waals surface area contributed by atoms with Gasteiger partial charge in [0.25, 0.3) is 0 Å². The van der Waals surface area contributed by atoms with Crippen molar-refractivity contribution in [2.45, 2.75) is 57.8 Å². The van der Waals surface area contributed by atoms with Crippen LogP contribution in [0.1, 0.15) is 50.2 Å². The molecule has 1 unspecified atom stereocenters. The van der Waals surface area contributed by atoms with Crippen LogP contribution in [0.15, 0.2) is 42.5 Å². The fourth-order valence-electron chi connectivity index (χ4n) is 6.64. The molecule has 0 aromatic heterocycles. The first kappa shape index (κ1) is 31.6. The quantitative estimate of drug-likeness (QED) is 0.365. The summed E-state index contributed by atoms with van der Waals surface area (Å²) in [5.41, 5.74) is 3.03. The van der Waals surface area contributed by atoms with Gasteiger partial charge in [0.1, 0.15) is 18.1 Å². The summed E-state index contributed by atoms with van der Waals surface area (Å²) in [6.45, 7) is 11.2. The van der Waals surface area contributed by atoms with Crippen LogP contribution in [0.2, 0.25) is 0 Å². The Balaban J connectivity index is 1.27. The molecule has 0 saturated carbocycles. The Labute approximate surface area is 256 Å². The predicted octanol–water partition coefficient (Wildman–Crippen LogP) is 4.24. The fourth-order valence-corrected chi connectivity index (χ4v) is 6.64. The average molecular weight is 596 g/mol. The van der Waals surface area contributed by atoms with Crippen molar-refractivity contribution in [2.24, 2.45) is 5.41 Å². The number of nitrogens with one attached hydrogen (secondary N) is 1. The predicted molar refractivity (Wildman–Crippen MR) is 167 cm³/mol. The van der Waals surface area contributed by atoms with Crippen molar-refractivity contribution < 1.29 is 28.5 Å². The summed E-state index contributed by atoms with van der Waals surface area (Å²) in [6, 6.07) is 14.9.